The first-order valence-corrected chi connectivity index (χ1v) is 8.09. The fraction of sp³-hybridized carbons (Fsp3) is 0.571. The first-order valence-electron chi connectivity index (χ1n) is 6.50. The fourth-order valence-electron chi connectivity index (χ4n) is 1.77. The number of nitrogens with one attached hydrogen (secondary N) is 1. The third-order valence-corrected chi connectivity index (χ3v) is 3.69. The van der Waals surface area contributed by atoms with Crippen LogP contribution in [-0.2, 0) is 6.54 Å². The zero-order valence-electron chi connectivity index (χ0n) is 11.5. The van der Waals surface area contributed by atoms with Gasteiger partial charge in [0.05, 0.1) is 11.1 Å². The van der Waals surface area contributed by atoms with Crippen LogP contribution in [0.15, 0.2) is 21.1 Å². The Morgan fingerprint density at radius 3 is 2.53 bits per heavy atom. The van der Waals surface area contributed by atoms with Crippen LogP contribution in [0, 0.1) is 0 Å². The van der Waals surface area contributed by atoms with Crippen LogP contribution in [0.4, 0.5) is 0 Å². The highest BCUT2D eigenvalue weighted by Gasteiger charge is 2.09. The summed E-state index contributed by atoms with van der Waals surface area (Å²) < 4.78 is 7.77. The molecule has 0 aliphatic carbocycles. The molecule has 1 aromatic rings. The van der Waals surface area contributed by atoms with Crippen LogP contribution in [0.2, 0.25) is 0 Å². The predicted octanol–water partition coefficient (Wildman–Crippen LogP) is 5.31. The Morgan fingerprint density at radius 1 is 1.16 bits per heavy atom. The van der Waals surface area contributed by atoms with Gasteiger partial charge in [0.25, 0.3) is 0 Å². The van der Waals surface area contributed by atoms with Gasteiger partial charge >= 0.3 is 0 Å². The van der Waals surface area contributed by atoms with Crippen LogP contribution in [-0.4, -0.2) is 13.2 Å². The van der Waals surface area contributed by atoms with E-state index in [1.165, 1.54) is 24.8 Å². The average molecular weight is 416 g/mol. The van der Waals surface area contributed by atoms with Gasteiger partial charge in [0.15, 0.2) is 0 Å². The van der Waals surface area contributed by atoms with Crippen molar-refractivity contribution in [2.24, 2.45) is 0 Å². The molecule has 1 N–H and O–H groups in total. The van der Waals surface area contributed by atoms with Gasteiger partial charge in [0, 0.05) is 16.6 Å². The van der Waals surface area contributed by atoms with E-state index in [1.807, 2.05) is 13.0 Å². The summed E-state index contributed by atoms with van der Waals surface area (Å²) >= 11 is 7.07. The smallest absolute Gasteiger partial charge is 0.138 e. The summed E-state index contributed by atoms with van der Waals surface area (Å²) in [5.41, 5.74) is 1.19. The lowest BCUT2D eigenvalue weighted by atomic mass is 10.2. The number of benzene rings is 1. The van der Waals surface area contributed by atoms with E-state index in [1.54, 1.807) is 0 Å². The molecule has 0 atom stereocenters. The lowest BCUT2D eigenvalue weighted by Gasteiger charge is -2.13. The van der Waals surface area contributed by atoms with Crippen LogP contribution in [0.5, 0.6) is 5.75 Å². The summed E-state index contributed by atoms with van der Waals surface area (Å²) in [6.45, 7) is 6.81. The highest BCUT2D eigenvalue weighted by molar-refractivity contribution is 9.11. The molecule has 0 unspecified atom stereocenters. The van der Waals surface area contributed by atoms with Crippen LogP contribution in [0.25, 0.3) is 0 Å². The number of rotatable bonds is 8. The second-order valence-electron chi connectivity index (χ2n) is 4.19. The Morgan fingerprint density at radius 2 is 1.89 bits per heavy atom. The van der Waals surface area contributed by atoms with E-state index in [-0.39, 0.29) is 12.4 Å². The molecule has 0 aliphatic heterocycles. The molecule has 5 heteroatoms. The van der Waals surface area contributed by atoms with Crippen LogP contribution in [0.3, 0.4) is 0 Å². The van der Waals surface area contributed by atoms with Crippen molar-refractivity contribution in [1.29, 1.82) is 0 Å². The van der Waals surface area contributed by atoms with E-state index >= 15 is 0 Å². The van der Waals surface area contributed by atoms with Crippen molar-refractivity contribution in [3.63, 3.8) is 0 Å². The molecule has 1 rings (SSSR count). The Kier molecular flexibility index (Phi) is 11.1. The minimum absolute atomic E-state index is 0. The molecule has 1 aromatic carbocycles. The third-order valence-electron chi connectivity index (χ3n) is 2.65. The standard InChI is InChI=1S/C14H21Br2NO.ClH/c1-3-5-6-7-17-10-11-8-12(15)9-13(16)14(11)18-4-2;/h8-9,17H,3-7,10H2,1-2H3;1H. The molecule has 0 aliphatic rings. The molecule has 0 bridgehead atoms. The lowest BCUT2D eigenvalue weighted by molar-refractivity contribution is 0.333. The zero-order valence-corrected chi connectivity index (χ0v) is 15.5. The number of hydrogen-bond acceptors (Lipinski definition) is 2. The van der Waals surface area contributed by atoms with Gasteiger partial charge in [-0.05, 0) is 48.0 Å². The van der Waals surface area contributed by atoms with E-state index in [0.29, 0.717) is 6.61 Å². The molecule has 110 valence electrons. The summed E-state index contributed by atoms with van der Waals surface area (Å²) in [5.74, 6) is 0.948. The highest BCUT2D eigenvalue weighted by Crippen LogP contribution is 2.32. The molecule has 0 aromatic heterocycles. The van der Waals surface area contributed by atoms with E-state index in [2.05, 4.69) is 50.2 Å². The molecular formula is C14H22Br2ClNO. The molecule has 0 saturated carbocycles. The summed E-state index contributed by atoms with van der Waals surface area (Å²) in [7, 11) is 0. The largest absolute Gasteiger partial charge is 0.492 e. The van der Waals surface area contributed by atoms with Gasteiger partial charge in [-0.2, -0.15) is 0 Å². The normalized spacial score (nSPS) is 10.1. The van der Waals surface area contributed by atoms with E-state index in [4.69, 9.17) is 4.74 Å². The van der Waals surface area contributed by atoms with Crippen LogP contribution < -0.4 is 10.1 Å². The quantitative estimate of drug-likeness (QED) is 0.581. The lowest BCUT2D eigenvalue weighted by Crippen LogP contribution is -2.15. The maximum absolute atomic E-state index is 5.69. The fourth-order valence-corrected chi connectivity index (χ4v) is 3.20. The summed E-state index contributed by atoms with van der Waals surface area (Å²) in [6, 6.07) is 4.13. The van der Waals surface area contributed by atoms with Gasteiger partial charge < -0.3 is 10.1 Å². The van der Waals surface area contributed by atoms with Crippen LogP contribution >= 0.6 is 44.3 Å². The summed E-state index contributed by atoms with van der Waals surface area (Å²) in [5, 5.41) is 3.47. The highest BCUT2D eigenvalue weighted by atomic mass is 79.9. The first kappa shape index (κ1) is 19.2. The number of unbranched alkanes of at least 4 members (excludes halogenated alkanes) is 2. The maximum Gasteiger partial charge on any atom is 0.138 e. The number of halogens is 3. The molecule has 0 amide bonds. The molecule has 19 heavy (non-hydrogen) atoms. The monoisotopic (exact) mass is 413 g/mol. The maximum atomic E-state index is 5.69. The Hall–Kier alpha value is 0.230. The predicted molar refractivity (Wildman–Crippen MR) is 91.5 cm³/mol. The van der Waals surface area contributed by atoms with Gasteiger partial charge in [-0.25, -0.2) is 0 Å². The Balaban J connectivity index is 0.00000324. The number of hydrogen-bond donors (Lipinski definition) is 1. The molecular weight excluding hydrogens is 393 g/mol. The van der Waals surface area contributed by atoms with Crippen molar-refractivity contribution in [3.8, 4) is 5.75 Å². The molecule has 0 radical (unpaired) electrons. The van der Waals surface area contributed by atoms with E-state index in [0.717, 1.165) is 27.8 Å². The van der Waals surface area contributed by atoms with Crippen molar-refractivity contribution >= 4 is 44.3 Å². The topological polar surface area (TPSA) is 21.3 Å². The SMILES string of the molecule is CCCCCNCc1cc(Br)cc(Br)c1OCC.Cl. The molecule has 0 saturated heterocycles. The van der Waals surface area contributed by atoms with Crippen molar-refractivity contribution in [2.45, 2.75) is 39.7 Å². The van der Waals surface area contributed by atoms with Gasteiger partial charge in [-0.3, -0.25) is 0 Å². The Labute approximate surface area is 139 Å². The van der Waals surface area contributed by atoms with Gasteiger partial charge in [0.2, 0.25) is 0 Å². The number of ether oxygens (including phenoxy) is 1. The van der Waals surface area contributed by atoms with E-state index in [9.17, 15) is 0 Å². The average Bonchev–Trinajstić information content (AvgIpc) is 2.33. The van der Waals surface area contributed by atoms with Gasteiger partial charge in [-0.1, -0.05) is 35.7 Å². The molecule has 2 nitrogen and oxygen atoms in total. The second-order valence-corrected chi connectivity index (χ2v) is 5.96. The summed E-state index contributed by atoms with van der Waals surface area (Å²) in [6.07, 6.45) is 3.78. The molecule has 0 heterocycles. The summed E-state index contributed by atoms with van der Waals surface area (Å²) in [4.78, 5) is 0. The minimum Gasteiger partial charge on any atom is -0.492 e. The van der Waals surface area contributed by atoms with Crippen molar-refractivity contribution < 1.29 is 4.74 Å². The molecule has 0 spiro atoms. The zero-order chi connectivity index (χ0) is 13.4. The van der Waals surface area contributed by atoms with E-state index < -0.39 is 0 Å². The van der Waals surface area contributed by atoms with Gasteiger partial charge in [0.1, 0.15) is 5.75 Å². The second kappa shape index (κ2) is 11.0. The Bertz CT molecular complexity index is 375. The minimum atomic E-state index is 0. The van der Waals surface area contributed by atoms with Crippen molar-refractivity contribution in [2.75, 3.05) is 13.2 Å². The third kappa shape index (κ3) is 6.98. The van der Waals surface area contributed by atoms with Crippen LogP contribution in [0.1, 0.15) is 38.7 Å². The molecule has 0 fully saturated rings. The van der Waals surface area contributed by atoms with Crippen molar-refractivity contribution in [1.82, 2.24) is 5.32 Å². The van der Waals surface area contributed by atoms with Crippen molar-refractivity contribution in [3.05, 3.63) is 26.6 Å². The first-order chi connectivity index (χ1) is 8.69. The van der Waals surface area contributed by atoms with Gasteiger partial charge in [-0.15, -0.1) is 12.4 Å².